The van der Waals surface area contributed by atoms with Crippen molar-refractivity contribution in [1.29, 1.82) is 0 Å². The zero-order chi connectivity index (χ0) is 14.8. The molecular weight excluding hydrogens is 282 g/mol. The Morgan fingerprint density at radius 3 is 2.65 bits per heavy atom. The average molecular weight is 300 g/mol. The van der Waals surface area contributed by atoms with E-state index in [1.54, 1.807) is 24.3 Å². The lowest BCUT2D eigenvalue weighted by Crippen LogP contribution is -2.29. The quantitative estimate of drug-likeness (QED) is 0.687. The largest absolute Gasteiger partial charge is 0.482 e. The highest BCUT2D eigenvalue weighted by Crippen LogP contribution is 2.22. The summed E-state index contributed by atoms with van der Waals surface area (Å²) >= 11 is 5.89. The molecule has 1 rings (SSSR count). The molecule has 0 fully saturated rings. The van der Waals surface area contributed by atoms with Gasteiger partial charge < -0.3 is 15.2 Å². The maximum atomic E-state index is 11.5. The zero-order valence-electron chi connectivity index (χ0n) is 11.1. The summed E-state index contributed by atoms with van der Waals surface area (Å²) in [6.07, 6.45) is 2.33. The number of ether oxygens (including phenoxy) is 1. The molecule has 6 heteroatoms. The van der Waals surface area contributed by atoms with Gasteiger partial charge in [-0.25, -0.2) is 0 Å². The molecule has 0 aliphatic heterocycles. The molecule has 1 aromatic carbocycles. The molecule has 0 spiro atoms. The minimum atomic E-state index is -0.790. The summed E-state index contributed by atoms with van der Waals surface area (Å²) in [5.41, 5.74) is 0. The second kappa shape index (κ2) is 9.20. The number of benzene rings is 1. The summed E-state index contributed by atoms with van der Waals surface area (Å²) in [6, 6.07) is 6.95. The molecule has 0 aliphatic carbocycles. The van der Waals surface area contributed by atoms with E-state index in [2.05, 4.69) is 5.32 Å². The van der Waals surface area contributed by atoms with Gasteiger partial charge in [0.2, 0.25) is 0 Å². The number of nitrogens with one attached hydrogen (secondary N) is 1. The molecular formula is C14H18ClNO4. The van der Waals surface area contributed by atoms with Gasteiger partial charge in [0.25, 0.3) is 5.91 Å². The average Bonchev–Trinajstić information content (AvgIpc) is 2.41. The number of hydrogen-bond acceptors (Lipinski definition) is 3. The van der Waals surface area contributed by atoms with Crippen molar-refractivity contribution in [2.75, 3.05) is 13.2 Å². The first-order valence-electron chi connectivity index (χ1n) is 6.45. The Morgan fingerprint density at radius 1 is 1.20 bits per heavy atom. The Morgan fingerprint density at radius 2 is 1.95 bits per heavy atom. The molecule has 1 aromatic rings. The number of carboxylic acids is 1. The van der Waals surface area contributed by atoms with Crippen LogP contribution in [0.5, 0.6) is 5.75 Å². The third kappa shape index (κ3) is 6.99. The van der Waals surface area contributed by atoms with Gasteiger partial charge in [-0.15, -0.1) is 0 Å². The number of unbranched alkanes of at least 4 members (excludes halogenated alkanes) is 2. The lowest BCUT2D eigenvalue weighted by atomic mass is 10.2. The van der Waals surface area contributed by atoms with Crippen LogP contribution in [-0.2, 0) is 9.59 Å². The molecule has 0 atom stereocenters. The lowest BCUT2D eigenvalue weighted by molar-refractivity contribution is -0.137. The van der Waals surface area contributed by atoms with Gasteiger partial charge in [-0.2, -0.15) is 0 Å². The van der Waals surface area contributed by atoms with Crippen molar-refractivity contribution >= 4 is 23.5 Å². The van der Waals surface area contributed by atoms with Crippen molar-refractivity contribution in [2.24, 2.45) is 0 Å². The topological polar surface area (TPSA) is 75.6 Å². The Bertz CT molecular complexity index is 451. The van der Waals surface area contributed by atoms with E-state index in [0.717, 1.165) is 12.8 Å². The Hall–Kier alpha value is -1.75. The van der Waals surface area contributed by atoms with Gasteiger partial charge in [0, 0.05) is 13.0 Å². The van der Waals surface area contributed by atoms with Gasteiger partial charge in [-0.3, -0.25) is 9.59 Å². The summed E-state index contributed by atoms with van der Waals surface area (Å²) in [5.74, 6) is -0.531. The first-order valence-corrected chi connectivity index (χ1v) is 6.83. The van der Waals surface area contributed by atoms with E-state index in [-0.39, 0.29) is 18.9 Å². The second-order valence-electron chi connectivity index (χ2n) is 4.27. The molecule has 0 saturated heterocycles. The number of amides is 1. The van der Waals surface area contributed by atoms with Crippen LogP contribution in [-0.4, -0.2) is 30.1 Å². The molecule has 0 saturated carbocycles. The van der Waals surface area contributed by atoms with Crippen molar-refractivity contribution in [3.63, 3.8) is 0 Å². The summed E-state index contributed by atoms with van der Waals surface area (Å²) in [4.78, 5) is 21.8. The van der Waals surface area contributed by atoms with Crippen molar-refractivity contribution in [3.05, 3.63) is 29.3 Å². The predicted molar refractivity (Wildman–Crippen MR) is 76.1 cm³/mol. The van der Waals surface area contributed by atoms with E-state index < -0.39 is 5.97 Å². The Labute approximate surface area is 122 Å². The fraction of sp³-hybridized carbons (Fsp3) is 0.429. The molecule has 20 heavy (non-hydrogen) atoms. The summed E-state index contributed by atoms with van der Waals surface area (Å²) in [6.45, 7) is 0.434. The van der Waals surface area contributed by atoms with E-state index in [9.17, 15) is 9.59 Å². The number of carboxylic acid groups (broad SMARTS) is 1. The number of aliphatic carboxylic acids is 1. The fourth-order valence-electron chi connectivity index (χ4n) is 1.56. The number of carbonyl (C=O) groups is 2. The van der Waals surface area contributed by atoms with Crippen molar-refractivity contribution in [1.82, 2.24) is 5.32 Å². The maximum absolute atomic E-state index is 11.5. The number of hydrogen-bond donors (Lipinski definition) is 2. The van der Waals surface area contributed by atoms with Crippen LogP contribution in [0.25, 0.3) is 0 Å². The van der Waals surface area contributed by atoms with E-state index >= 15 is 0 Å². The standard InChI is InChI=1S/C14H18ClNO4/c15-11-6-3-4-7-12(11)20-10-13(17)16-9-5-1-2-8-14(18)19/h3-4,6-7H,1-2,5,8-10H2,(H,16,17)(H,18,19). The Kier molecular flexibility index (Phi) is 7.50. The highest BCUT2D eigenvalue weighted by Gasteiger charge is 2.04. The van der Waals surface area contributed by atoms with Crippen LogP contribution in [0.4, 0.5) is 0 Å². The van der Waals surface area contributed by atoms with Gasteiger partial charge in [0.1, 0.15) is 5.75 Å². The van der Waals surface area contributed by atoms with Gasteiger partial charge in [-0.05, 0) is 25.0 Å². The van der Waals surface area contributed by atoms with Crippen LogP contribution in [0, 0.1) is 0 Å². The predicted octanol–water partition coefficient (Wildman–Crippen LogP) is 2.48. The van der Waals surface area contributed by atoms with Crippen molar-refractivity contribution in [3.8, 4) is 5.75 Å². The van der Waals surface area contributed by atoms with E-state index in [4.69, 9.17) is 21.4 Å². The molecule has 0 bridgehead atoms. The minimum Gasteiger partial charge on any atom is -0.482 e. The maximum Gasteiger partial charge on any atom is 0.303 e. The van der Waals surface area contributed by atoms with Crippen LogP contribution in [0.2, 0.25) is 5.02 Å². The summed E-state index contributed by atoms with van der Waals surface area (Å²) in [7, 11) is 0. The lowest BCUT2D eigenvalue weighted by Gasteiger charge is -2.08. The molecule has 0 heterocycles. The first-order chi connectivity index (χ1) is 9.59. The number of halogens is 1. The first kappa shape index (κ1) is 16.3. The third-order valence-corrected chi connectivity index (χ3v) is 2.90. The van der Waals surface area contributed by atoms with Crippen LogP contribution in [0.15, 0.2) is 24.3 Å². The zero-order valence-corrected chi connectivity index (χ0v) is 11.9. The van der Waals surface area contributed by atoms with Crippen LogP contribution >= 0.6 is 11.6 Å². The van der Waals surface area contributed by atoms with Crippen molar-refractivity contribution in [2.45, 2.75) is 25.7 Å². The monoisotopic (exact) mass is 299 g/mol. The molecule has 0 aromatic heterocycles. The number of para-hydroxylation sites is 1. The van der Waals surface area contributed by atoms with Crippen LogP contribution in [0.3, 0.4) is 0 Å². The molecule has 1 amide bonds. The summed E-state index contributed by atoms with van der Waals surface area (Å²) < 4.78 is 5.29. The van der Waals surface area contributed by atoms with Gasteiger partial charge in [0.05, 0.1) is 5.02 Å². The molecule has 0 aliphatic rings. The van der Waals surface area contributed by atoms with E-state index in [1.165, 1.54) is 0 Å². The SMILES string of the molecule is O=C(O)CCCCCNC(=O)COc1ccccc1Cl. The minimum absolute atomic E-state index is 0.0845. The van der Waals surface area contributed by atoms with E-state index in [1.807, 2.05) is 0 Å². The number of carbonyl (C=O) groups excluding carboxylic acids is 1. The van der Waals surface area contributed by atoms with Gasteiger partial charge in [-0.1, -0.05) is 30.2 Å². The second-order valence-corrected chi connectivity index (χ2v) is 4.68. The third-order valence-electron chi connectivity index (χ3n) is 2.59. The number of rotatable bonds is 9. The van der Waals surface area contributed by atoms with Gasteiger partial charge in [0.15, 0.2) is 6.61 Å². The highest BCUT2D eigenvalue weighted by molar-refractivity contribution is 6.32. The molecule has 0 radical (unpaired) electrons. The van der Waals surface area contributed by atoms with Gasteiger partial charge >= 0.3 is 5.97 Å². The Balaban J connectivity index is 2.09. The molecule has 5 nitrogen and oxygen atoms in total. The van der Waals surface area contributed by atoms with Crippen LogP contribution < -0.4 is 10.1 Å². The van der Waals surface area contributed by atoms with Crippen molar-refractivity contribution < 1.29 is 19.4 Å². The normalized spacial score (nSPS) is 10.1. The fourth-order valence-corrected chi connectivity index (χ4v) is 1.75. The molecule has 110 valence electrons. The smallest absolute Gasteiger partial charge is 0.303 e. The van der Waals surface area contributed by atoms with Crippen LogP contribution in [0.1, 0.15) is 25.7 Å². The molecule has 0 unspecified atom stereocenters. The molecule has 2 N–H and O–H groups in total. The highest BCUT2D eigenvalue weighted by atomic mass is 35.5. The summed E-state index contributed by atoms with van der Waals surface area (Å²) in [5, 5.41) is 11.6. The van der Waals surface area contributed by atoms with E-state index in [0.29, 0.717) is 23.7 Å².